The maximum Gasteiger partial charge on any atom is 0.190 e. The van der Waals surface area contributed by atoms with Gasteiger partial charge in [-0.1, -0.05) is 23.7 Å². The molecule has 1 aliphatic rings. The normalized spacial score (nSPS) is 15.5. The van der Waals surface area contributed by atoms with Gasteiger partial charge in [0, 0.05) is 6.08 Å². The summed E-state index contributed by atoms with van der Waals surface area (Å²) < 4.78 is 5.31. The Labute approximate surface area is 80.8 Å². The average molecular weight is 195 g/mol. The molecule has 2 rings (SSSR count). The molecule has 0 N–H and O–H groups in total. The number of ketones is 1. The van der Waals surface area contributed by atoms with Gasteiger partial charge in [0.05, 0.1) is 10.6 Å². The molecular formula is C10H7ClO2. The lowest BCUT2D eigenvalue weighted by Gasteiger charge is -2.04. The first kappa shape index (κ1) is 8.32. The Balaban J connectivity index is 2.51. The highest BCUT2D eigenvalue weighted by Crippen LogP contribution is 2.23. The first-order valence-electron chi connectivity index (χ1n) is 3.89. The molecule has 0 atom stereocenters. The topological polar surface area (TPSA) is 26.3 Å². The van der Waals surface area contributed by atoms with E-state index in [2.05, 4.69) is 0 Å². The molecule has 0 fully saturated rings. The van der Waals surface area contributed by atoms with Crippen molar-refractivity contribution in [2.75, 3.05) is 6.61 Å². The van der Waals surface area contributed by atoms with Crippen molar-refractivity contribution in [3.05, 3.63) is 40.9 Å². The number of fused-ring (bicyclic) bond motifs is 1. The van der Waals surface area contributed by atoms with Crippen molar-refractivity contribution in [2.45, 2.75) is 0 Å². The predicted molar refractivity (Wildman–Crippen MR) is 50.2 cm³/mol. The van der Waals surface area contributed by atoms with Gasteiger partial charge < -0.3 is 4.74 Å². The number of hydrogen-bond acceptors (Lipinski definition) is 2. The monoisotopic (exact) mass is 194 g/mol. The van der Waals surface area contributed by atoms with Gasteiger partial charge in [-0.3, -0.25) is 4.79 Å². The minimum Gasteiger partial charge on any atom is -0.487 e. The van der Waals surface area contributed by atoms with Gasteiger partial charge in [-0.15, -0.1) is 0 Å². The third kappa shape index (κ3) is 1.58. The fraction of sp³-hybridized carbons (Fsp3) is 0.100. The van der Waals surface area contributed by atoms with Crippen LogP contribution in [0.15, 0.2) is 35.4 Å². The number of carbonyl (C=O) groups is 1. The van der Waals surface area contributed by atoms with Gasteiger partial charge in [0.2, 0.25) is 0 Å². The van der Waals surface area contributed by atoms with Crippen molar-refractivity contribution in [3.8, 4) is 5.75 Å². The molecule has 1 aromatic carbocycles. The summed E-state index contributed by atoms with van der Waals surface area (Å²) in [4.78, 5) is 11.5. The van der Waals surface area contributed by atoms with Crippen LogP contribution in [0.4, 0.5) is 0 Å². The van der Waals surface area contributed by atoms with Gasteiger partial charge in [0.15, 0.2) is 5.78 Å². The molecule has 0 spiro atoms. The summed E-state index contributed by atoms with van der Waals surface area (Å²) in [5, 5.41) is 0.432. The Morgan fingerprint density at radius 1 is 1.31 bits per heavy atom. The Kier molecular flexibility index (Phi) is 2.07. The van der Waals surface area contributed by atoms with E-state index >= 15 is 0 Å². The number of hydrogen-bond donors (Lipinski definition) is 0. The number of para-hydroxylation sites is 1. The molecular weight excluding hydrogens is 188 g/mol. The van der Waals surface area contributed by atoms with Crippen molar-refractivity contribution in [3.63, 3.8) is 0 Å². The third-order valence-electron chi connectivity index (χ3n) is 1.81. The minimum atomic E-state index is -0.0990. The maximum absolute atomic E-state index is 11.5. The standard InChI is InChI=1S/C10H7ClO2/c11-7-5-9(12)8-3-1-2-4-10(8)13-6-7/h1-5H,6H2. The molecule has 0 aliphatic carbocycles. The summed E-state index contributed by atoms with van der Waals surface area (Å²) in [6.45, 7) is 0.268. The largest absolute Gasteiger partial charge is 0.487 e. The van der Waals surface area contributed by atoms with Crippen molar-refractivity contribution in [1.29, 1.82) is 0 Å². The molecule has 0 bridgehead atoms. The SMILES string of the molecule is O=C1C=C(Cl)COc2ccccc21. The van der Waals surface area contributed by atoms with Crippen molar-refractivity contribution in [1.82, 2.24) is 0 Å². The molecule has 0 radical (unpaired) electrons. The third-order valence-corrected chi connectivity index (χ3v) is 2.02. The molecule has 13 heavy (non-hydrogen) atoms. The summed E-state index contributed by atoms with van der Waals surface area (Å²) in [6, 6.07) is 7.11. The lowest BCUT2D eigenvalue weighted by atomic mass is 10.1. The highest BCUT2D eigenvalue weighted by Gasteiger charge is 2.14. The van der Waals surface area contributed by atoms with Crippen LogP contribution in [0, 0.1) is 0 Å². The number of benzene rings is 1. The van der Waals surface area contributed by atoms with E-state index in [9.17, 15) is 4.79 Å². The molecule has 2 nitrogen and oxygen atoms in total. The fourth-order valence-corrected chi connectivity index (χ4v) is 1.36. The first-order chi connectivity index (χ1) is 6.27. The molecule has 0 saturated carbocycles. The smallest absolute Gasteiger partial charge is 0.190 e. The van der Waals surface area contributed by atoms with E-state index in [1.54, 1.807) is 18.2 Å². The second kappa shape index (κ2) is 3.23. The van der Waals surface area contributed by atoms with E-state index in [4.69, 9.17) is 16.3 Å². The van der Waals surface area contributed by atoms with Gasteiger partial charge in [0.1, 0.15) is 12.4 Å². The van der Waals surface area contributed by atoms with Crippen LogP contribution in [0.25, 0.3) is 0 Å². The Morgan fingerprint density at radius 3 is 2.92 bits per heavy atom. The van der Waals surface area contributed by atoms with Gasteiger partial charge in [0.25, 0.3) is 0 Å². The van der Waals surface area contributed by atoms with Crippen LogP contribution >= 0.6 is 11.6 Å². The van der Waals surface area contributed by atoms with Crippen molar-refractivity contribution in [2.24, 2.45) is 0 Å². The molecule has 1 aromatic rings. The predicted octanol–water partition coefficient (Wildman–Crippen LogP) is 2.38. The second-order valence-corrected chi connectivity index (χ2v) is 3.23. The highest BCUT2D eigenvalue weighted by atomic mass is 35.5. The Hall–Kier alpha value is -1.28. The highest BCUT2D eigenvalue weighted by molar-refractivity contribution is 6.32. The van der Waals surface area contributed by atoms with E-state index in [1.807, 2.05) is 6.07 Å². The molecule has 66 valence electrons. The molecule has 0 amide bonds. The average Bonchev–Trinajstić information content (AvgIpc) is 2.27. The number of halogens is 1. The minimum absolute atomic E-state index is 0.0990. The van der Waals surface area contributed by atoms with E-state index in [1.165, 1.54) is 6.08 Å². The zero-order chi connectivity index (χ0) is 9.26. The van der Waals surface area contributed by atoms with E-state index in [-0.39, 0.29) is 12.4 Å². The Morgan fingerprint density at radius 2 is 2.08 bits per heavy atom. The number of rotatable bonds is 0. The fourth-order valence-electron chi connectivity index (χ4n) is 1.20. The van der Waals surface area contributed by atoms with Crippen LogP contribution in [-0.4, -0.2) is 12.4 Å². The van der Waals surface area contributed by atoms with Crippen molar-refractivity contribution < 1.29 is 9.53 Å². The van der Waals surface area contributed by atoms with Crippen LogP contribution in [0.5, 0.6) is 5.75 Å². The molecule has 0 unspecified atom stereocenters. The van der Waals surface area contributed by atoms with Gasteiger partial charge >= 0.3 is 0 Å². The first-order valence-corrected chi connectivity index (χ1v) is 4.27. The zero-order valence-electron chi connectivity index (χ0n) is 6.79. The summed E-state index contributed by atoms with van der Waals surface area (Å²) in [6.07, 6.45) is 1.40. The van der Waals surface area contributed by atoms with E-state index in [0.717, 1.165) is 0 Å². The summed E-state index contributed by atoms with van der Waals surface area (Å²) in [5.41, 5.74) is 0.568. The lowest BCUT2D eigenvalue weighted by molar-refractivity contribution is 0.104. The van der Waals surface area contributed by atoms with Gasteiger partial charge in [-0.25, -0.2) is 0 Å². The van der Waals surface area contributed by atoms with Gasteiger partial charge in [-0.05, 0) is 12.1 Å². The molecule has 1 aliphatic heterocycles. The Bertz CT molecular complexity index is 382. The van der Waals surface area contributed by atoms with Gasteiger partial charge in [-0.2, -0.15) is 0 Å². The van der Waals surface area contributed by atoms with Crippen LogP contribution < -0.4 is 4.74 Å². The molecule has 1 heterocycles. The zero-order valence-corrected chi connectivity index (χ0v) is 7.54. The number of allylic oxidation sites excluding steroid dienone is 1. The van der Waals surface area contributed by atoms with Crippen LogP contribution in [0.1, 0.15) is 10.4 Å². The van der Waals surface area contributed by atoms with E-state index in [0.29, 0.717) is 16.3 Å². The summed E-state index contributed by atoms with van der Waals surface area (Å²) in [7, 11) is 0. The number of ether oxygens (including phenoxy) is 1. The second-order valence-electron chi connectivity index (χ2n) is 2.74. The van der Waals surface area contributed by atoms with Crippen LogP contribution in [-0.2, 0) is 0 Å². The molecule has 0 saturated heterocycles. The molecule has 0 aromatic heterocycles. The van der Waals surface area contributed by atoms with Crippen LogP contribution in [0.2, 0.25) is 0 Å². The van der Waals surface area contributed by atoms with Crippen LogP contribution in [0.3, 0.4) is 0 Å². The summed E-state index contributed by atoms with van der Waals surface area (Å²) >= 11 is 5.72. The maximum atomic E-state index is 11.5. The van der Waals surface area contributed by atoms with Crippen molar-refractivity contribution >= 4 is 17.4 Å². The quantitative estimate of drug-likeness (QED) is 0.634. The summed E-state index contributed by atoms with van der Waals surface area (Å²) in [5.74, 6) is 0.498. The number of carbonyl (C=O) groups excluding carboxylic acids is 1. The molecule has 3 heteroatoms. The lowest BCUT2D eigenvalue weighted by Crippen LogP contribution is -1.97. The van der Waals surface area contributed by atoms with E-state index < -0.39 is 0 Å².